The van der Waals surface area contributed by atoms with E-state index in [-0.39, 0.29) is 5.92 Å². The van der Waals surface area contributed by atoms with Crippen molar-refractivity contribution in [3.05, 3.63) is 47.3 Å². The largest absolute Gasteiger partial charge is 0.204 e. The highest BCUT2D eigenvalue weighted by atomic mass is 19.2. The third-order valence-electron chi connectivity index (χ3n) is 7.92. The van der Waals surface area contributed by atoms with Crippen LogP contribution in [0.4, 0.5) is 13.2 Å². The molecule has 0 N–H and O–H groups in total. The van der Waals surface area contributed by atoms with Gasteiger partial charge in [0.25, 0.3) is 0 Å². The average Bonchev–Trinajstić information content (AvgIpc) is 2.71. The highest BCUT2D eigenvalue weighted by Crippen LogP contribution is 2.54. The molecule has 28 heavy (non-hydrogen) atoms. The number of hydrogen-bond donors (Lipinski definition) is 0. The van der Waals surface area contributed by atoms with Crippen molar-refractivity contribution in [1.29, 1.82) is 0 Å². The molecule has 3 aliphatic carbocycles. The molecule has 0 aromatic heterocycles. The van der Waals surface area contributed by atoms with E-state index in [1.54, 1.807) is 0 Å². The monoisotopic (exact) mass is 390 g/mol. The lowest BCUT2D eigenvalue weighted by Gasteiger charge is -2.50. The van der Waals surface area contributed by atoms with Gasteiger partial charge in [-0.3, -0.25) is 0 Å². The minimum atomic E-state index is -1.34. The van der Waals surface area contributed by atoms with Crippen molar-refractivity contribution in [1.82, 2.24) is 0 Å². The lowest BCUT2D eigenvalue weighted by molar-refractivity contribution is 0.0127. The summed E-state index contributed by atoms with van der Waals surface area (Å²) in [5, 5.41) is 0. The molecular formula is C25H33F3. The predicted molar refractivity (Wildman–Crippen MR) is 107 cm³/mol. The van der Waals surface area contributed by atoms with Crippen LogP contribution in [-0.4, -0.2) is 0 Å². The van der Waals surface area contributed by atoms with E-state index in [0.717, 1.165) is 42.9 Å². The molecule has 0 radical (unpaired) electrons. The van der Waals surface area contributed by atoms with Crippen molar-refractivity contribution in [2.75, 3.05) is 0 Å². The highest BCUT2D eigenvalue weighted by molar-refractivity contribution is 5.24. The van der Waals surface area contributed by atoms with Crippen LogP contribution in [0.15, 0.2) is 24.3 Å². The van der Waals surface area contributed by atoms with E-state index in [0.29, 0.717) is 11.5 Å². The summed E-state index contributed by atoms with van der Waals surface area (Å²) in [7, 11) is 0. The topological polar surface area (TPSA) is 0 Å². The molecule has 0 unspecified atom stereocenters. The van der Waals surface area contributed by atoms with Crippen molar-refractivity contribution in [3.63, 3.8) is 0 Å². The quantitative estimate of drug-likeness (QED) is 0.363. The summed E-state index contributed by atoms with van der Waals surface area (Å²) in [6.45, 7) is 2.23. The molecule has 3 heteroatoms. The van der Waals surface area contributed by atoms with Crippen molar-refractivity contribution >= 4 is 0 Å². The van der Waals surface area contributed by atoms with Gasteiger partial charge in [-0.1, -0.05) is 25.5 Å². The predicted octanol–water partition coefficient (Wildman–Crippen LogP) is 7.79. The zero-order valence-electron chi connectivity index (χ0n) is 17.0. The molecule has 0 amide bonds. The van der Waals surface area contributed by atoms with Gasteiger partial charge < -0.3 is 0 Å². The summed E-state index contributed by atoms with van der Waals surface area (Å²) < 4.78 is 40.7. The van der Waals surface area contributed by atoms with Gasteiger partial charge in [0.2, 0.25) is 0 Å². The standard InChI is InChI=1S/C25H33F3/c1-2-3-4-5-16-6-10-21-18(12-16)7-8-19-13-17(9-11-22(19)21)20-14-23(26)25(28)24(27)15-20/h4-5,14-19,21-22H,2-3,6-13H2,1H3/t16-,17-,18-,19+,21+,22+/m1/s1. The molecule has 6 atom stereocenters. The number of fused-ring (bicyclic) bond motifs is 3. The Morgan fingerprint density at radius 3 is 2.18 bits per heavy atom. The van der Waals surface area contributed by atoms with E-state index in [1.807, 2.05) is 0 Å². The molecule has 1 aromatic carbocycles. The van der Waals surface area contributed by atoms with Gasteiger partial charge in [0, 0.05) is 0 Å². The Bertz CT molecular complexity index is 687. The van der Waals surface area contributed by atoms with Crippen LogP contribution >= 0.6 is 0 Å². The second-order valence-corrected chi connectivity index (χ2v) is 9.52. The van der Waals surface area contributed by atoms with Gasteiger partial charge in [-0.15, -0.1) is 0 Å². The number of benzene rings is 1. The molecule has 0 heterocycles. The Kier molecular flexibility index (Phi) is 6.18. The summed E-state index contributed by atoms with van der Waals surface area (Å²) in [6.07, 6.45) is 17.0. The van der Waals surface area contributed by atoms with Crippen molar-refractivity contribution in [2.45, 2.75) is 77.0 Å². The number of hydrogen-bond acceptors (Lipinski definition) is 0. The molecule has 0 nitrogen and oxygen atoms in total. The zero-order chi connectivity index (χ0) is 19.7. The van der Waals surface area contributed by atoms with Crippen LogP contribution in [0.3, 0.4) is 0 Å². The van der Waals surface area contributed by atoms with Gasteiger partial charge in [0.1, 0.15) is 0 Å². The van der Waals surface area contributed by atoms with Crippen LogP contribution < -0.4 is 0 Å². The smallest absolute Gasteiger partial charge is 0.194 e. The Morgan fingerprint density at radius 1 is 0.857 bits per heavy atom. The zero-order valence-corrected chi connectivity index (χ0v) is 17.0. The van der Waals surface area contributed by atoms with Crippen LogP contribution in [0.25, 0.3) is 0 Å². The van der Waals surface area contributed by atoms with E-state index >= 15 is 0 Å². The fraction of sp³-hybridized carbons (Fsp3) is 0.680. The molecule has 3 saturated carbocycles. The van der Waals surface area contributed by atoms with Gasteiger partial charge in [0.05, 0.1) is 0 Å². The molecule has 3 aliphatic rings. The van der Waals surface area contributed by atoms with Gasteiger partial charge in [-0.05, 0) is 111 Å². The summed E-state index contributed by atoms with van der Waals surface area (Å²) in [6, 6.07) is 2.45. The number of halogens is 3. The van der Waals surface area contributed by atoms with Gasteiger partial charge in [0.15, 0.2) is 17.5 Å². The minimum absolute atomic E-state index is 0.177. The second kappa shape index (κ2) is 8.63. The molecule has 1 aromatic rings. The SMILES string of the molecule is CCCC=C[C@@H]1CC[C@H]2[C@H](CC[C@H]3C[C@H](c4cc(F)c(F)c(F)c4)CC[C@@H]32)C1. The Balaban J connectivity index is 1.39. The lowest BCUT2D eigenvalue weighted by Crippen LogP contribution is -2.41. The third-order valence-corrected chi connectivity index (χ3v) is 7.92. The normalized spacial score (nSPS) is 35.6. The summed E-state index contributed by atoms with van der Waals surface area (Å²) in [5.41, 5.74) is 0.654. The summed E-state index contributed by atoms with van der Waals surface area (Å²) in [5.74, 6) is 0.671. The van der Waals surface area contributed by atoms with Crippen LogP contribution in [-0.2, 0) is 0 Å². The first-order valence-electron chi connectivity index (χ1n) is 11.4. The molecular weight excluding hydrogens is 357 g/mol. The number of unbranched alkanes of at least 4 members (excludes halogenated alkanes) is 1. The van der Waals surface area contributed by atoms with Crippen molar-refractivity contribution in [3.8, 4) is 0 Å². The molecule has 0 aliphatic heterocycles. The molecule has 154 valence electrons. The fourth-order valence-electron chi connectivity index (χ4n) is 6.57. The summed E-state index contributed by atoms with van der Waals surface area (Å²) in [4.78, 5) is 0. The molecule has 0 saturated heterocycles. The Labute approximate surface area is 167 Å². The Morgan fingerprint density at radius 2 is 1.50 bits per heavy atom. The number of allylic oxidation sites excluding steroid dienone is 2. The van der Waals surface area contributed by atoms with Gasteiger partial charge in [-0.25, -0.2) is 13.2 Å². The van der Waals surface area contributed by atoms with E-state index in [2.05, 4.69) is 19.1 Å². The lowest BCUT2D eigenvalue weighted by atomic mass is 9.55. The fourth-order valence-corrected chi connectivity index (χ4v) is 6.57. The third kappa shape index (κ3) is 4.04. The second-order valence-electron chi connectivity index (χ2n) is 9.52. The highest BCUT2D eigenvalue weighted by Gasteiger charge is 2.44. The first-order chi connectivity index (χ1) is 13.6. The number of rotatable bonds is 4. The van der Waals surface area contributed by atoms with E-state index < -0.39 is 17.5 Å². The van der Waals surface area contributed by atoms with Crippen LogP contribution in [0.2, 0.25) is 0 Å². The maximum absolute atomic E-state index is 13.7. The van der Waals surface area contributed by atoms with E-state index in [4.69, 9.17) is 0 Å². The molecule has 0 spiro atoms. The van der Waals surface area contributed by atoms with E-state index in [1.165, 1.54) is 57.1 Å². The first-order valence-corrected chi connectivity index (χ1v) is 11.4. The van der Waals surface area contributed by atoms with Crippen molar-refractivity contribution in [2.24, 2.45) is 29.6 Å². The molecule has 3 fully saturated rings. The van der Waals surface area contributed by atoms with Gasteiger partial charge >= 0.3 is 0 Å². The first kappa shape index (κ1) is 20.0. The van der Waals surface area contributed by atoms with Gasteiger partial charge in [-0.2, -0.15) is 0 Å². The van der Waals surface area contributed by atoms with E-state index in [9.17, 15) is 13.2 Å². The average molecular weight is 391 g/mol. The Hall–Kier alpha value is -1.25. The van der Waals surface area contributed by atoms with Crippen LogP contribution in [0, 0.1) is 47.0 Å². The molecule has 4 rings (SSSR count). The van der Waals surface area contributed by atoms with Crippen LogP contribution in [0.1, 0.15) is 82.6 Å². The molecule has 0 bridgehead atoms. The maximum atomic E-state index is 13.7. The maximum Gasteiger partial charge on any atom is 0.194 e. The van der Waals surface area contributed by atoms with Crippen molar-refractivity contribution < 1.29 is 13.2 Å². The minimum Gasteiger partial charge on any atom is -0.204 e. The summed E-state index contributed by atoms with van der Waals surface area (Å²) >= 11 is 0. The van der Waals surface area contributed by atoms with Crippen LogP contribution in [0.5, 0.6) is 0 Å².